The van der Waals surface area contributed by atoms with Gasteiger partial charge in [-0.2, -0.15) is 4.31 Å². The van der Waals surface area contributed by atoms with E-state index in [1.54, 1.807) is 6.07 Å². The first-order valence-corrected chi connectivity index (χ1v) is 9.71. The lowest BCUT2D eigenvalue weighted by Crippen LogP contribution is -3.15. The van der Waals surface area contributed by atoms with Gasteiger partial charge in [0.2, 0.25) is 10.0 Å². The van der Waals surface area contributed by atoms with Gasteiger partial charge in [-0.25, -0.2) is 12.8 Å². The summed E-state index contributed by atoms with van der Waals surface area (Å²) >= 11 is 0. The number of nitrogens with zero attached hydrogens (tertiary/aromatic N) is 1. The molecule has 2 fully saturated rings. The highest BCUT2D eigenvalue weighted by Gasteiger charge is 2.33. The zero-order chi connectivity index (χ0) is 16.3. The van der Waals surface area contributed by atoms with Gasteiger partial charge in [-0.1, -0.05) is 12.1 Å². The second-order valence-corrected chi connectivity index (χ2v) is 8.18. The van der Waals surface area contributed by atoms with Crippen LogP contribution in [0.3, 0.4) is 0 Å². The molecule has 2 heterocycles. The molecule has 0 aromatic heterocycles. The molecule has 1 N–H and O–H groups in total. The molecule has 1 atom stereocenters. The van der Waals surface area contributed by atoms with E-state index in [2.05, 4.69) is 0 Å². The van der Waals surface area contributed by atoms with E-state index in [9.17, 15) is 12.8 Å². The van der Waals surface area contributed by atoms with Crippen LogP contribution in [0, 0.1) is 5.82 Å². The van der Waals surface area contributed by atoms with Gasteiger partial charge in [0.05, 0.1) is 26.2 Å². The predicted molar refractivity (Wildman–Crippen MR) is 84.3 cm³/mol. The molecule has 7 heteroatoms. The number of nitrogens with one attached hydrogen (secondary N) is 1. The highest BCUT2D eigenvalue weighted by atomic mass is 32.2. The van der Waals surface area contributed by atoms with E-state index >= 15 is 0 Å². The largest absolute Gasteiger partial charge is 0.372 e. The van der Waals surface area contributed by atoms with Gasteiger partial charge in [0.1, 0.15) is 23.4 Å². The Kier molecular flexibility index (Phi) is 5.31. The molecule has 2 saturated heterocycles. The highest BCUT2D eigenvalue weighted by Crippen LogP contribution is 2.18. The number of sulfonamides is 1. The van der Waals surface area contributed by atoms with Crippen molar-refractivity contribution in [2.45, 2.75) is 30.3 Å². The zero-order valence-corrected chi connectivity index (χ0v) is 14.0. The predicted octanol–water partition coefficient (Wildman–Crippen LogP) is 0.284. The molecule has 1 aromatic carbocycles. The van der Waals surface area contributed by atoms with E-state index in [-0.39, 0.29) is 4.90 Å². The number of piperazine rings is 1. The summed E-state index contributed by atoms with van der Waals surface area (Å²) in [5.74, 6) is -0.683. The first kappa shape index (κ1) is 16.8. The van der Waals surface area contributed by atoms with Crippen molar-refractivity contribution in [1.29, 1.82) is 0 Å². The first-order chi connectivity index (χ1) is 11.1. The SMILES string of the molecule is O=S(=O)(c1ccccc1F)N1CC[NH+](C[C@@H]2CCCCO2)CC1. The summed E-state index contributed by atoms with van der Waals surface area (Å²) in [6, 6.07) is 5.58. The molecule has 0 radical (unpaired) electrons. The van der Waals surface area contributed by atoms with Crippen LogP contribution in [0.25, 0.3) is 0 Å². The van der Waals surface area contributed by atoms with E-state index < -0.39 is 15.8 Å². The molecule has 5 nitrogen and oxygen atoms in total. The molecule has 2 aliphatic rings. The number of hydrogen-bond donors (Lipinski definition) is 1. The van der Waals surface area contributed by atoms with Crippen molar-refractivity contribution in [3.05, 3.63) is 30.1 Å². The van der Waals surface area contributed by atoms with Gasteiger partial charge >= 0.3 is 0 Å². The Labute approximate surface area is 137 Å². The molecular weight excluding hydrogens is 319 g/mol. The number of halogens is 1. The summed E-state index contributed by atoms with van der Waals surface area (Å²) in [6.07, 6.45) is 3.75. The molecule has 2 aliphatic heterocycles. The second-order valence-electron chi connectivity index (χ2n) is 6.28. The van der Waals surface area contributed by atoms with Crippen LogP contribution in [-0.2, 0) is 14.8 Å². The van der Waals surface area contributed by atoms with Gasteiger partial charge in [-0.15, -0.1) is 0 Å². The molecule has 0 amide bonds. The van der Waals surface area contributed by atoms with E-state index in [0.717, 1.165) is 39.1 Å². The Morgan fingerprint density at radius 3 is 2.61 bits per heavy atom. The molecule has 3 rings (SSSR count). The molecule has 0 aliphatic carbocycles. The summed E-state index contributed by atoms with van der Waals surface area (Å²) in [4.78, 5) is 1.15. The van der Waals surface area contributed by atoms with Gasteiger partial charge in [0.25, 0.3) is 0 Å². The van der Waals surface area contributed by atoms with Crippen molar-refractivity contribution >= 4 is 10.0 Å². The number of benzene rings is 1. The summed E-state index contributed by atoms with van der Waals surface area (Å²) in [7, 11) is -3.74. The summed E-state index contributed by atoms with van der Waals surface area (Å²) < 4.78 is 46.1. The van der Waals surface area contributed by atoms with Gasteiger partial charge in [0, 0.05) is 6.61 Å². The van der Waals surface area contributed by atoms with Crippen LogP contribution in [0.4, 0.5) is 4.39 Å². The van der Waals surface area contributed by atoms with Crippen molar-refractivity contribution in [2.24, 2.45) is 0 Å². The smallest absolute Gasteiger partial charge is 0.246 e. The van der Waals surface area contributed by atoms with Gasteiger partial charge in [0.15, 0.2) is 0 Å². The molecule has 0 unspecified atom stereocenters. The Hall–Kier alpha value is -1.02. The quantitative estimate of drug-likeness (QED) is 0.855. The van der Waals surface area contributed by atoms with Gasteiger partial charge in [-0.05, 0) is 31.4 Å². The van der Waals surface area contributed by atoms with Crippen LogP contribution in [0.15, 0.2) is 29.2 Å². The van der Waals surface area contributed by atoms with Crippen molar-refractivity contribution in [1.82, 2.24) is 4.31 Å². The number of ether oxygens (including phenoxy) is 1. The van der Waals surface area contributed by atoms with Crippen molar-refractivity contribution < 1.29 is 22.4 Å². The normalized spacial score (nSPS) is 24.7. The molecule has 128 valence electrons. The maximum absolute atomic E-state index is 13.8. The van der Waals surface area contributed by atoms with Crippen LogP contribution in [0.5, 0.6) is 0 Å². The first-order valence-electron chi connectivity index (χ1n) is 8.27. The van der Waals surface area contributed by atoms with Crippen LogP contribution in [0.1, 0.15) is 19.3 Å². The minimum absolute atomic E-state index is 0.223. The number of rotatable bonds is 4. The van der Waals surface area contributed by atoms with Gasteiger partial charge < -0.3 is 9.64 Å². The lowest BCUT2D eigenvalue weighted by molar-refractivity contribution is -0.907. The molecule has 23 heavy (non-hydrogen) atoms. The Morgan fingerprint density at radius 2 is 1.96 bits per heavy atom. The highest BCUT2D eigenvalue weighted by molar-refractivity contribution is 7.89. The maximum atomic E-state index is 13.8. The van der Waals surface area contributed by atoms with Gasteiger partial charge in [-0.3, -0.25) is 0 Å². The Morgan fingerprint density at radius 1 is 1.22 bits per heavy atom. The maximum Gasteiger partial charge on any atom is 0.246 e. The lowest BCUT2D eigenvalue weighted by Gasteiger charge is -2.34. The fourth-order valence-corrected chi connectivity index (χ4v) is 4.84. The third-order valence-electron chi connectivity index (χ3n) is 4.67. The van der Waals surface area contributed by atoms with E-state index in [1.165, 1.54) is 33.8 Å². The molecule has 1 aromatic rings. The summed E-state index contributed by atoms with van der Waals surface area (Å²) in [5, 5.41) is 0. The lowest BCUT2D eigenvalue weighted by atomic mass is 10.1. The fourth-order valence-electron chi connectivity index (χ4n) is 3.33. The van der Waals surface area contributed by atoms with Crippen LogP contribution < -0.4 is 4.90 Å². The van der Waals surface area contributed by atoms with Crippen LogP contribution in [0.2, 0.25) is 0 Å². The number of quaternary nitrogens is 1. The molecule has 0 bridgehead atoms. The molecule has 0 spiro atoms. The van der Waals surface area contributed by atoms with E-state index in [1.807, 2.05) is 0 Å². The zero-order valence-electron chi connectivity index (χ0n) is 13.2. The topological polar surface area (TPSA) is 51.0 Å². The molecular formula is C16H24FN2O3S+. The summed E-state index contributed by atoms with van der Waals surface area (Å²) in [5.41, 5.74) is 0. The molecule has 0 saturated carbocycles. The van der Waals surface area contributed by atoms with E-state index in [0.29, 0.717) is 19.2 Å². The summed E-state index contributed by atoms with van der Waals surface area (Å²) in [6.45, 7) is 4.12. The van der Waals surface area contributed by atoms with Crippen molar-refractivity contribution in [3.8, 4) is 0 Å². The van der Waals surface area contributed by atoms with E-state index in [4.69, 9.17) is 4.74 Å². The Bertz CT molecular complexity index is 624. The van der Waals surface area contributed by atoms with Crippen molar-refractivity contribution in [3.63, 3.8) is 0 Å². The van der Waals surface area contributed by atoms with Crippen molar-refractivity contribution in [2.75, 3.05) is 39.3 Å². The fraction of sp³-hybridized carbons (Fsp3) is 0.625. The Balaban J connectivity index is 1.59. The average molecular weight is 343 g/mol. The number of hydrogen-bond acceptors (Lipinski definition) is 3. The third-order valence-corrected chi connectivity index (χ3v) is 6.61. The third kappa shape index (κ3) is 3.91. The monoisotopic (exact) mass is 343 g/mol. The second kappa shape index (κ2) is 7.25. The average Bonchev–Trinajstić information content (AvgIpc) is 2.56. The minimum atomic E-state index is -3.74. The van der Waals surface area contributed by atoms with Crippen LogP contribution in [-0.4, -0.2) is 58.2 Å². The minimum Gasteiger partial charge on any atom is -0.372 e. The standard InChI is InChI=1S/C16H23FN2O3S/c17-15-6-1-2-7-16(15)23(20,21)19-10-8-18(9-11-19)13-14-5-3-4-12-22-14/h1-2,6-7,14H,3-5,8-13H2/p+1/t14-/m0/s1. The van der Waals surface area contributed by atoms with Crippen LogP contribution >= 0.6 is 0 Å².